The van der Waals surface area contributed by atoms with E-state index in [4.69, 9.17) is 0 Å². The van der Waals surface area contributed by atoms with Gasteiger partial charge in [-0.15, -0.1) is 0 Å². The van der Waals surface area contributed by atoms with Crippen LogP contribution in [0.25, 0.3) is 5.65 Å². The van der Waals surface area contributed by atoms with E-state index in [2.05, 4.69) is 15.4 Å². The lowest BCUT2D eigenvalue weighted by atomic mass is 10.2. The molecular weight excluding hydrogens is 342 g/mol. The molecule has 1 saturated heterocycles. The number of carbonyl (C=O) groups excluding carboxylic acids is 2. The number of amides is 2. The van der Waals surface area contributed by atoms with E-state index in [9.17, 15) is 9.59 Å². The van der Waals surface area contributed by atoms with Gasteiger partial charge in [0.05, 0.1) is 5.69 Å². The predicted octanol–water partition coefficient (Wildman–Crippen LogP) is 3.11. The van der Waals surface area contributed by atoms with Crippen LogP contribution in [0.4, 0.5) is 11.4 Å². The lowest BCUT2D eigenvalue weighted by Gasteiger charge is -2.22. The van der Waals surface area contributed by atoms with Gasteiger partial charge < -0.3 is 10.2 Å². The van der Waals surface area contributed by atoms with Crippen LogP contribution in [-0.2, 0) is 4.79 Å². The molecule has 0 saturated carbocycles. The van der Waals surface area contributed by atoms with Crippen molar-refractivity contribution in [3.05, 3.63) is 53.5 Å². The third-order valence-corrected chi connectivity index (χ3v) is 4.83. The molecule has 1 aliphatic rings. The van der Waals surface area contributed by atoms with Gasteiger partial charge in [-0.3, -0.25) is 9.59 Å². The van der Waals surface area contributed by atoms with Gasteiger partial charge in [-0.05, 0) is 51.5 Å². The van der Waals surface area contributed by atoms with E-state index >= 15 is 0 Å². The Morgan fingerprint density at radius 2 is 2.04 bits per heavy atom. The molecule has 0 aliphatic carbocycles. The summed E-state index contributed by atoms with van der Waals surface area (Å²) in [6.45, 7) is 5.81. The first kappa shape index (κ1) is 17.2. The van der Waals surface area contributed by atoms with Crippen molar-refractivity contribution in [1.82, 2.24) is 14.6 Å². The smallest absolute Gasteiger partial charge is 0.274 e. The van der Waals surface area contributed by atoms with Crippen LogP contribution < -0.4 is 10.2 Å². The molecule has 7 heteroatoms. The van der Waals surface area contributed by atoms with Gasteiger partial charge in [-0.1, -0.05) is 6.07 Å². The van der Waals surface area contributed by atoms with E-state index in [1.165, 1.54) is 0 Å². The van der Waals surface area contributed by atoms with Crippen LogP contribution in [0.15, 0.2) is 36.4 Å². The van der Waals surface area contributed by atoms with Crippen LogP contribution in [-0.4, -0.2) is 32.5 Å². The molecule has 1 fully saturated rings. The second kappa shape index (κ2) is 6.50. The highest BCUT2D eigenvalue weighted by atomic mass is 16.2. The second-order valence-corrected chi connectivity index (χ2v) is 6.99. The molecule has 4 rings (SSSR count). The monoisotopic (exact) mass is 363 g/mol. The molecule has 1 N–H and O–H groups in total. The number of aromatic nitrogens is 3. The Morgan fingerprint density at radius 1 is 1.22 bits per heavy atom. The summed E-state index contributed by atoms with van der Waals surface area (Å²) in [5.74, 6) is -0.178. The van der Waals surface area contributed by atoms with Gasteiger partial charge >= 0.3 is 0 Å². The molecule has 1 aliphatic heterocycles. The van der Waals surface area contributed by atoms with E-state index in [0.29, 0.717) is 23.4 Å². The molecule has 0 radical (unpaired) electrons. The Labute approximate surface area is 157 Å². The first-order chi connectivity index (χ1) is 12.9. The highest BCUT2D eigenvalue weighted by molar-refractivity contribution is 6.04. The Bertz CT molecular complexity index is 1060. The van der Waals surface area contributed by atoms with Crippen molar-refractivity contribution in [2.75, 3.05) is 10.2 Å². The zero-order valence-electron chi connectivity index (χ0n) is 15.6. The standard InChI is InChI=1S/C20H21N5O2/c1-12-9-18-22-17(10-14(3)25(18)23-12)20(27)21-15-5-4-6-16(11-15)24-13(2)7-8-19(24)26/h4-6,9-11,13H,7-8H2,1-3H3,(H,21,27). The fourth-order valence-electron chi connectivity index (χ4n) is 3.51. The SMILES string of the molecule is Cc1cc2nc(C(=O)Nc3cccc(N4C(=O)CCC4C)c3)cc(C)n2n1. The number of rotatable bonds is 3. The molecule has 2 aromatic heterocycles. The lowest BCUT2D eigenvalue weighted by molar-refractivity contribution is -0.117. The summed E-state index contributed by atoms with van der Waals surface area (Å²) in [7, 11) is 0. The summed E-state index contributed by atoms with van der Waals surface area (Å²) >= 11 is 0. The van der Waals surface area contributed by atoms with Crippen molar-refractivity contribution in [3.8, 4) is 0 Å². The highest BCUT2D eigenvalue weighted by Gasteiger charge is 2.28. The zero-order chi connectivity index (χ0) is 19.1. The molecule has 3 heterocycles. The molecule has 0 bridgehead atoms. The number of benzene rings is 1. The van der Waals surface area contributed by atoms with E-state index in [1.807, 2.05) is 45.0 Å². The van der Waals surface area contributed by atoms with Gasteiger partial charge in [0, 0.05) is 35.6 Å². The van der Waals surface area contributed by atoms with Gasteiger partial charge in [-0.2, -0.15) is 5.10 Å². The van der Waals surface area contributed by atoms with Crippen molar-refractivity contribution < 1.29 is 9.59 Å². The largest absolute Gasteiger partial charge is 0.321 e. The van der Waals surface area contributed by atoms with Crippen molar-refractivity contribution in [2.45, 2.75) is 39.7 Å². The van der Waals surface area contributed by atoms with E-state index in [-0.39, 0.29) is 17.9 Å². The zero-order valence-corrected chi connectivity index (χ0v) is 15.6. The molecular formula is C20H21N5O2. The first-order valence-electron chi connectivity index (χ1n) is 9.00. The summed E-state index contributed by atoms with van der Waals surface area (Å²) in [4.78, 5) is 31.0. The number of nitrogens with one attached hydrogen (secondary N) is 1. The maximum absolute atomic E-state index is 12.7. The molecule has 1 unspecified atom stereocenters. The van der Waals surface area contributed by atoms with Crippen molar-refractivity contribution in [2.24, 2.45) is 0 Å². The summed E-state index contributed by atoms with van der Waals surface area (Å²) in [5.41, 5.74) is 4.09. The Kier molecular flexibility index (Phi) is 4.14. The second-order valence-electron chi connectivity index (χ2n) is 6.99. The van der Waals surface area contributed by atoms with Crippen molar-refractivity contribution >= 4 is 28.8 Å². The van der Waals surface area contributed by atoms with Gasteiger partial charge in [0.15, 0.2) is 5.65 Å². The summed E-state index contributed by atoms with van der Waals surface area (Å²) in [5, 5.41) is 7.23. The number of hydrogen-bond donors (Lipinski definition) is 1. The van der Waals surface area contributed by atoms with Crippen LogP contribution in [0.1, 0.15) is 41.6 Å². The minimum Gasteiger partial charge on any atom is -0.321 e. The van der Waals surface area contributed by atoms with Gasteiger partial charge in [0.25, 0.3) is 5.91 Å². The fourth-order valence-corrected chi connectivity index (χ4v) is 3.51. The van der Waals surface area contributed by atoms with Crippen LogP contribution in [0.3, 0.4) is 0 Å². The fraction of sp³-hybridized carbons (Fsp3) is 0.300. The topological polar surface area (TPSA) is 79.6 Å². The molecule has 7 nitrogen and oxygen atoms in total. The van der Waals surface area contributed by atoms with E-state index < -0.39 is 0 Å². The first-order valence-corrected chi connectivity index (χ1v) is 9.00. The summed E-state index contributed by atoms with van der Waals surface area (Å²) in [6.07, 6.45) is 1.41. The van der Waals surface area contributed by atoms with E-state index in [1.54, 1.807) is 21.5 Å². The number of anilines is 2. The molecule has 27 heavy (non-hydrogen) atoms. The minimum absolute atomic E-state index is 0.116. The van der Waals surface area contributed by atoms with Crippen LogP contribution in [0.5, 0.6) is 0 Å². The Hall–Kier alpha value is -3.22. The van der Waals surface area contributed by atoms with Crippen LogP contribution in [0.2, 0.25) is 0 Å². The molecule has 2 amide bonds. The van der Waals surface area contributed by atoms with Crippen molar-refractivity contribution in [1.29, 1.82) is 0 Å². The Morgan fingerprint density at radius 3 is 2.78 bits per heavy atom. The number of fused-ring (bicyclic) bond motifs is 1. The Balaban J connectivity index is 1.60. The average molecular weight is 363 g/mol. The third-order valence-electron chi connectivity index (χ3n) is 4.83. The number of nitrogens with zero attached hydrogens (tertiary/aromatic N) is 4. The molecule has 0 spiro atoms. The van der Waals surface area contributed by atoms with Gasteiger partial charge in [0.2, 0.25) is 5.91 Å². The summed E-state index contributed by atoms with van der Waals surface area (Å²) in [6, 6.07) is 11.1. The van der Waals surface area contributed by atoms with Gasteiger partial charge in [-0.25, -0.2) is 9.50 Å². The maximum Gasteiger partial charge on any atom is 0.274 e. The van der Waals surface area contributed by atoms with Gasteiger partial charge in [0.1, 0.15) is 5.69 Å². The molecule has 1 aromatic carbocycles. The maximum atomic E-state index is 12.7. The molecule has 138 valence electrons. The predicted molar refractivity (Wildman–Crippen MR) is 103 cm³/mol. The third kappa shape index (κ3) is 3.16. The normalized spacial score (nSPS) is 16.9. The number of carbonyl (C=O) groups is 2. The van der Waals surface area contributed by atoms with E-state index in [0.717, 1.165) is 23.5 Å². The molecule has 3 aromatic rings. The summed E-state index contributed by atoms with van der Waals surface area (Å²) < 4.78 is 1.72. The van der Waals surface area contributed by atoms with Crippen LogP contribution >= 0.6 is 0 Å². The lowest BCUT2D eigenvalue weighted by Crippen LogP contribution is -2.30. The minimum atomic E-state index is -0.294. The quantitative estimate of drug-likeness (QED) is 0.775. The van der Waals surface area contributed by atoms with Crippen molar-refractivity contribution in [3.63, 3.8) is 0 Å². The number of aryl methyl sites for hydroxylation is 2. The van der Waals surface area contributed by atoms with Crippen LogP contribution in [0, 0.1) is 13.8 Å². The average Bonchev–Trinajstić information content (AvgIpc) is 3.16. The number of hydrogen-bond acceptors (Lipinski definition) is 4. The highest BCUT2D eigenvalue weighted by Crippen LogP contribution is 2.28. The molecule has 1 atom stereocenters.